The minimum atomic E-state index is 0.0354. The second kappa shape index (κ2) is 8.19. The summed E-state index contributed by atoms with van der Waals surface area (Å²) >= 11 is 0. The van der Waals surface area contributed by atoms with Gasteiger partial charge in [-0.1, -0.05) is 30.3 Å². The van der Waals surface area contributed by atoms with Crippen molar-refractivity contribution in [2.24, 2.45) is 15.8 Å². The number of hydrogen-bond donors (Lipinski definition) is 3. The molecule has 1 heterocycles. The molecule has 1 atom stereocenters. The number of aliphatic hydroxyl groups excluding tert-OH is 1. The molecule has 0 spiro atoms. The first kappa shape index (κ1) is 18.2. The first-order chi connectivity index (χ1) is 12.2. The van der Waals surface area contributed by atoms with Gasteiger partial charge in [-0.15, -0.1) is 0 Å². The van der Waals surface area contributed by atoms with Crippen LogP contribution in [0.4, 0.5) is 0 Å². The summed E-state index contributed by atoms with van der Waals surface area (Å²) in [6, 6.07) is 10.7. The highest BCUT2D eigenvalue weighted by molar-refractivity contribution is 5.79. The monoisotopic (exact) mass is 345 g/mol. The van der Waals surface area contributed by atoms with Crippen molar-refractivity contribution >= 4 is 5.96 Å². The summed E-state index contributed by atoms with van der Waals surface area (Å²) in [5, 5.41) is 16.3. The fourth-order valence-corrected chi connectivity index (χ4v) is 3.70. The lowest BCUT2D eigenvalue weighted by Gasteiger charge is -2.28. The van der Waals surface area contributed by atoms with Crippen molar-refractivity contribution < 1.29 is 9.84 Å². The van der Waals surface area contributed by atoms with Crippen molar-refractivity contribution in [3.05, 3.63) is 35.9 Å². The van der Waals surface area contributed by atoms with Gasteiger partial charge in [0.1, 0.15) is 0 Å². The fraction of sp³-hybridized carbons (Fsp3) is 0.650. The zero-order chi connectivity index (χ0) is 17.6. The highest BCUT2D eigenvalue weighted by atomic mass is 16.5. The van der Waals surface area contributed by atoms with Gasteiger partial charge < -0.3 is 20.5 Å². The fourth-order valence-electron chi connectivity index (χ4n) is 3.70. The lowest BCUT2D eigenvalue weighted by Crippen LogP contribution is -2.46. The standard InChI is InChI=1S/C20H31N3O2/c1-21-18(23-15-20(9-11-24)10-12-25-16-20)22-14-19(7-8-19)13-17-5-3-2-4-6-17/h2-6,24H,7-16H2,1H3,(H2,21,22,23). The van der Waals surface area contributed by atoms with Gasteiger partial charge in [0.2, 0.25) is 0 Å². The Morgan fingerprint density at radius 3 is 2.40 bits per heavy atom. The van der Waals surface area contributed by atoms with Crippen molar-refractivity contribution in [1.29, 1.82) is 0 Å². The van der Waals surface area contributed by atoms with Gasteiger partial charge in [0, 0.05) is 38.8 Å². The van der Waals surface area contributed by atoms with E-state index in [4.69, 9.17) is 4.74 Å². The van der Waals surface area contributed by atoms with Crippen LogP contribution in [-0.4, -0.2) is 51.0 Å². The van der Waals surface area contributed by atoms with E-state index >= 15 is 0 Å². The van der Waals surface area contributed by atoms with E-state index in [0.717, 1.165) is 51.5 Å². The Morgan fingerprint density at radius 1 is 1.12 bits per heavy atom. The van der Waals surface area contributed by atoms with E-state index in [9.17, 15) is 5.11 Å². The number of guanidine groups is 1. The Balaban J connectivity index is 1.48. The molecule has 0 radical (unpaired) electrons. The third kappa shape index (κ3) is 4.95. The first-order valence-electron chi connectivity index (χ1n) is 9.36. The molecule has 1 aromatic carbocycles. The maximum atomic E-state index is 9.34. The van der Waals surface area contributed by atoms with Gasteiger partial charge in [0.25, 0.3) is 0 Å². The number of nitrogens with one attached hydrogen (secondary N) is 2. The number of hydrogen-bond acceptors (Lipinski definition) is 3. The van der Waals surface area contributed by atoms with Crippen molar-refractivity contribution in [2.45, 2.75) is 32.1 Å². The molecule has 5 nitrogen and oxygen atoms in total. The van der Waals surface area contributed by atoms with Gasteiger partial charge in [-0.25, -0.2) is 0 Å². The Hall–Kier alpha value is -1.59. The molecule has 1 saturated carbocycles. The van der Waals surface area contributed by atoms with Crippen LogP contribution >= 0.6 is 0 Å². The molecule has 0 amide bonds. The summed E-state index contributed by atoms with van der Waals surface area (Å²) in [6.45, 7) is 3.45. The third-order valence-corrected chi connectivity index (χ3v) is 5.69. The van der Waals surface area contributed by atoms with E-state index in [1.54, 1.807) is 0 Å². The molecule has 3 rings (SSSR count). The van der Waals surface area contributed by atoms with Gasteiger partial charge >= 0.3 is 0 Å². The second-order valence-corrected chi connectivity index (χ2v) is 7.72. The van der Waals surface area contributed by atoms with E-state index in [2.05, 4.69) is 46.0 Å². The van der Waals surface area contributed by atoms with E-state index in [0.29, 0.717) is 5.41 Å². The van der Waals surface area contributed by atoms with Crippen LogP contribution in [0.1, 0.15) is 31.2 Å². The van der Waals surface area contributed by atoms with Gasteiger partial charge in [-0.3, -0.25) is 4.99 Å². The third-order valence-electron chi connectivity index (χ3n) is 5.69. The first-order valence-corrected chi connectivity index (χ1v) is 9.36. The predicted octanol–water partition coefficient (Wildman–Crippen LogP) is 1.96. The Bertz CT molecular complexity index is 564. The van der Waals surface area contributed by atoms with Crippen LogP contribution in [0.25, 0.3) is 0 Å². The number of benzene rings is 1. The zero-order valence-corrected chi connectivity index (χ0v) is 15.3. The largest absolute Gasteiger partial charge is 0.396 e. The number of aliphatic imine (C=N–C) groups is 1. The summed E-state index contributed by atoms with van der Waals surface area (Å²) in [4.78, 5) is 4.37. The minimum absolute atomic E-state index is 0.0354. The Kier molecular flexibility index (Phi) is 5.97. The van der Waals surface area contributed by atoms with E-state index in [1.807, 2.05) is 7.05 Å². The highest BCUT2D eigenvalue weighted by Gasteiger charge is 2.42. The van der Waals surface area contributed by atoms with Gasteiger partial charge in [-0.05, 0) is 43.1 Å². The Morgan fingerprint density at radius 2 is 1.84 bits per heavy atom. The van der Waals surface area contributed by atoms with Crippen LogP contribution in [-0.2, 0) is 11.2 Å². The summed E-state index contributed by atoms with van der Waals surface area (Å²) in [6.07, 6.45) is 5.44. The quantitative estimate of drug-likeness (QED) is 0.498. The van der Waals surface area contributed by atoms with Gasteiger partial charge in [0.05, 0.1) is 6.61 Å². The summed E-state index contributed by atoms with van der Waals surface area (Å²) < 4.78 is 5.56. The summed E-state index contributed by atoms with van der Waals surface area (Å²) in [5.41, 5.74) is 1.82. The molecular weight excluding hydrogens is 314 g/mol. The molecule has 25 heavy (non-hydrogen) atoms. The average molecular weight is 345 g/mol. The predicted molar refractivity (Wildman–Crippen MR) is 101 cm³/mol. The maximum Gasteiger partial charge on any atom is 0.191 e. The average Bonchev–Trinajstić information content (AvgIpc) is 3.23. The van der Waals surface area contributed by atoms with E-state index < -0.39 is 0 Å². The van der Waals surface area contributed by atoms with E-state index in [1.165, 1.54) is 18.4 Å². The van der Waals surface area contributed by atoms with Crippen molar-refractivity contribution in [1.82, 2.24) is 10.6 Å². The molecule has 2 fully saturated rings. The molecule has 0 aromatic heterocycles. The lowest BCUT2D eigenvalue weighted by molar-refractivity contribution is 0.127. The molecule has 5 heteroatoms. The Labute approximate surface area is 150 Å². The smallest absolute Gasteiger partial charge is 0.191 e. The van der Waals surface area contributed by atoms with Crippen LogP contribution < -0.4 is 10.6 Å². The SMILES string of the molecule is CN=C(NCC1(CCO)CCOC1)NCC1(Cc2ccccc2)CC1. The molecule has 1 aliphatic heterocycles. The summed E-state index contributed by atoms with van der Waals surface area (Å²) in [7, 11) is 1.82. The number of nitrogens with zero attached hydrogens (tertiary/aromatic N) is 1. The lowest BCUT2D eigenvalue weighted by atomic mass is 9.84. The molecule has 1 aromatic rings. The molecule has 1 unspecified atom stereocenters. The number of ether oxygens (including phenoxy) is 1. The topological polar surface area (TPSA) is 65.9 Å². The van der Waals surface area contributed by atoms with E-state index in [-0.39, 0.29) is 12.0 Å². The van der Waals surface area contributed by atoms with Crippen LogP contribution in [0.2, 0.25) is 0 Å². The minimum Gasteiger partial charge on any atom is -0.396 e. The van der Waals surface area contributed by atoms with Gasteiger partial charge in [-0.2, -0.15) is 0 Å². The molecule has 0 bridgehead atoms. The van der Waals surface area contributed by atoms with Crippen LogP contribution in [0.15, 0.2) is 35.3 Å². The van der Waals surface area contributed by atoms with Crippen LogP contribution in [0, 0.1) is 10.8 Å². The van der Waals surface area contributed by atoms with Crippen molar-refractivity contribution in [2.75, 3.05) is 40.0 Å². The zero-order valence-electron chi connectivity index (χ0n) is 15.3. The maximum absolute atomic E-state index is 9.34. The molecular formula is C20H31N3O2. The molecule has 138 valence electrons. The van der Waals surface area contributed by atoms with Crippen LogP contribution in [0.5, 0.6) is 0 Å². The second-order valence-electron chi connectivity index (χ2n) is 7.72. The van der Waals surface area contributed by atoms with Crippen molar-refractivity contribution in [3.8, 4) is 0 Å². The van der Waals surface area contributed by atoms with Crippen molar-refractivity contribution in [3.63, 3.8) is 0 Å². The summed E-state index contributed by atoms with van der Waals surface area (Å²) in [5.74, 6) is 0.851. The number of rotatable bonds is 8. The molecule has 2 aliphatic rings. The van der Waals surface area contributed by atoms with Gasteiger partial charge in [0.15, 0.2) is 5.96 Å². The number of aliphatic hydroxyl groups is 1. The highest BCUT2D eigenvalue weighted by Crippen LogP contribution is 2.47. The molecule has 3 N–H and O–H groups in total. The molecule has 1 aliphatic carbocycles. The van der Waals surface area contributed by atoms with Crippen LogP contribution in [0.3, 0.4) is 0 Å². The molecule has 1 saturated heterocycles. The normalized spacial score (nSPS) is 25.0.